The maximum atomic E-state index is 9.14. The van der Waals surface area contributed by atoms with E-state index in [9.17, 15) is 0 Å². The average molecular weight is 163 g/mol. The molecule has 1 aliphatic heterocycles. The number of hydrogen-bond acceptors (Lipinski definition) is 5. The molecule has 5 nitrogen and oxygen atoms in total. The van der Waals surface area contributed by atoms with Crippen molar-refractivity contribution in [1.82, 2.24) is 0 Å². The molecule has 66 valence electrons. The molecule has 0 aromatic heterocycles. The molecular weight excluding hydrogens is 150 g/mol. The molecule has 0 aliphatic carbocycles. The molecule has 1 fully saturated rings. The van der Waals surface area contributed by atoms with Crippen LogP contribution in [-0.2, 0) is 4.74 Å². The second-order valence-corrected chi connectivity index (χ2v) is 2.78. The maximum absolute atomic E-state index is 9.14. The number of aliphatic hydroxyl groups excluding tert-OH is 3. The standard InChI is InChI=1S/C6H13NO4/c1-2-3(8)4(9)5(10)6(7)11-2/h2-6,8-10H,7H2,1H3/t2-,3-,4+,5+,6-/m0/s1. The fourth-order valence-electron chi connectivity index (χ4n) is 1.08. The Kier molecular flexibility index (Phi) is 2.46. The highest BCUT2D eigenvalue weighted by molar-refractivity contribution is 4.87. The predicted octanol–water partition coefficient (Wildman–Crippen LogP) is -2.23. The number of hydrogen-bond donors (Lipinski definition) is 4. The summed E-state index contributed by atoms with van der Waals surface area (Å²) < 4.78 is 4.90. The van der Waals surface area contributed by atoms with Crippen molar-refractivity contribution in [2.45, 2.75) is 37.6 Å². The first-order chi connectivity index (χ1) is 5.04. The summed E-state index contributed by atoms with van der Waals surface area (Å²) in [5, 5.41) is 27.3. The van der Waals surface area contributed by atoms with Crippen molar-refractivity contribution in [2.24, 2.45) is 5.73 Å². The van der Waals surface area contributed by atoms with E-state index in [0.717, 1.165) is 0 Å². The van der Waals surface area contributed by atoms with E-state index in [0.29, 0.717) is 0 Å². The molecule has 0 spiro atoms. The largest absolute Gasteiger partial charge is 0.388 e. The van der Waals surface area contributed by atoms with E-state index in [1.165, 1.54) is 0 Å². The van der Waals surface area contributed by atoms with Crippen LogP contribution in [0.1, 0.15) is 6.92 Å². The molecule has 0 aromatic rings. The van der Waals surface area contributed by atoms with Crippen LogP contribution in [0.5, 0.6) is 0 Å². The van der Waals surface area contributed by atoms with Gasteiger partial charge in [-0.3, -0.25) is 0 Å². The van der Waals surface area contributed by atoms with Crippen molar-refractivity contribution >= 4 is 0 Å². The zero-order chi connectivity index (χ0) is 8.59. The van der Waals surface area contributed by atoms with E-state index < -0.39 is 30.6 Å². The Morgan fingerprint density at radius 3 is 2.18 bits per heavy atom. The van der Waals surface area contributed by atoms with Gasteiger partial charge in [0.1, 0.15) is 24.5 Å². The van der Waals surface area contributed by atoms with E-state index >= 15 is 0 Å². The molecule has 5 heteroatoms. The lowest BCUT2D eigenvalue weighted by atomic mass is 9.99. The van der Waals surface area contributed by atoms with Gasteiger partial charge in [0.25, 0.3) is 0 Å². The van der Waals surface area contributed by atoms with Crippen LogP contribution < -0.4 is 5.73 Å². The quantitative estimate of drug-likeness (QED) is 0.324. The molecule has 0 saturated carbocycles. The topological polar surface area (TPSA) is 95.9 Å². The second kappa shape index (κ2) is 3.04. The van der Waals surface area contributed by atoms with E-state index in [1.807, 2.05) is 0 Å². The summed E-state index contributed by atoms with van der Waals surface area (Å²) in [6, 6.07) is 0. The molecule has 0 aromatic carbocycles. The third kappa shape index (κ3) is 1.52. The van der Waals surface area contributed by atoms with Crippen LogP contribution in [0.4, 0.5) is 0 Å². The Hall–Kier alpha value is -0.200. The van der Waals surface area contributed by atoms with Gasteiger partial charge in [-0.1, -0.05) is 0 Å². The highest BCUT2D eigenvalue weighted by Crippen LogP contribution is 2.17. The van der Waals surface area contributed by atoms with E-state index in [4.69, 9.17) is 25.8 Å². The van der Waals surface area contributed by atoms with Crippen LogP contribution in [0.25, 0.3) is 0 Å². The van der Waals surface area contributed by atoms with Crippen molar-refractivity contribution < 1.29 is 20.1 Å². The first kappa shape index (κ1) is 8.89. The Labute approximate surface area is 64.4 Å². The van der Waals surface area contributed by atoms with Crippen LogP contribution in [-0.4, -0.2) is 46.0 Å². The minimum atomic E-state index is -1.21. The minimum absolute atomic E-state index is 0.539. The average Bonchev–Trinajstić information content (AvgIpc) is 1.97. The van der Waals surface area contributed by atoms with Crippen molar-refractivity contribution in [3.8, 4) is 0 Å². The summed E-state index contributed by atoms with van der Waals surface area (Å²) in [7, 11) is 0. The Morgan fingerprint density at radius 2 is 1.64 bits per heavy atom. The highest BCUT2D eigenvalue weighted by Gasteiger charge is 2.39. The highest BCUT2D eigenvalue weighted by atomic mass is 16.5. The van der Waals surface area contributed by atoms with Gasteiger partial charge in [-0.15, -0.1) is 0 Å². The predicted molar refractivity (Wildman–Crippen MR) is 36.5 cm³/mol. The zero-order valence-electron chi connectivity index (χ0n) is 6.21. The van der Waals surface area contributed by atoms with Crippen molar-refractivity contribution in [2.75, 3.05) is 0 Å². The molecule has 11 heavy (non-hydrogen) atoms. The summed E-state index contributed by atoms with van der Waals surface area (Å²) in [5.74, 6) is 0. The van der Waals surface area contributed by atoms with Gasteiger partial charge in [0.05, 0.1) is 6.10 Å². The van der Waals surface area contributed by atoms with Gasteiger partial charge in [-0.2, -0.15) is 0 Å². The fraction of sp³-hybridized carbons (Fsp3) is 1.00. The van der Waals surface area contributed by atoms with Crippen LogP contribution >= 0.6 is 0 Å². The van der Waals surface area contributed by atoms with Gasteiger partial charge in [-0.25, -0.2) is 0 Å². The smallest absolute Gasteiger partial charge is 0.135 e. The summed E-state index contributed by atoms with van der Waals surface area (Å²) in [4.78, 5) is 0. The van der Waals surface area contributed by atoms with Crippen LogP contribution in [0.15, 0.2) is 0 Å². The summed E-state index contributed by atoms with van der Waals surface area (Å²) in [5.41, 5.74) is 5.28. The lowest BCUT2D eigenvalue weighted by Gasteiger charge is -2.37. The Morgan fingerprint density at radius 1 is 1.09 bits per heavy atom. The zero-order valence-corrected chi connectivity index (χ0v) is 6.21. The van der Waals surface area contributed by atoms with Gasteiger partial charge >= 0.3 is 0 Å². The number of nitrogens with two attached hydrogens (primary N) is 1. The molecule has 5 N–H and O–H groups in total. The molecule has 0 amide bonds. The van der Waals surface area contributed by atoms with Crippen molar-refractivity contribution in [1.29, 1.82) is 0 Å². The Bertz CT molecular complexity index is 129. The number of rotatable bonds is 0. The Balaban J connectivity index is 2.63. The van der Waals surface area contributed by atoms with Crippen molar-refractivity contribution in [3.05, 3.63) is 0 Å². The summed E-state index contributed by atoms with van der Waals surface area (Å²) >= 11 is 0. The summed E-state index contributed by atoms with van der Waals surface area (Å²) in [6.07, 6.45) is -4.94. The van der Waals surface area contributed by atoms with Gasteiger partial charge in [0.2, 0.25) is 0 Å². The maximum Gasteiger partial charge on any atom is 0.135 e. The monoisotopic (exact) mass is 163 g/mol. The third-order valence-electron chi connectivity index (χ3n) is 1.89. The van der Waals surface area contributed by atoms with Gasteiger partial charge in [0.15, 0.2) is 0 Å². The van der Waals surface area contributed by atoms with Gasteiger partial charge in [-0.05, 0) is 6.92 Å². The molecule has 0 bridgehead atoms. The van der Waals surface area contributed by atoms with Gasteiger partial charge < -0.3 is 25.8 Å². The fourth-order valence-corrected chi connectivity index (χ4v) is 1.08. The first-order valence-corrected chi connectivity index (χ1v) is 3.49. The van der Waals surface area contributed by atoms with E-state index in [2.05, 4.69) is 0 Å². The first-order valence-electron chi connectivity index (χ1n) is 3.49. The van der Waals surface area contributed by atoms with E-state index in [-0.39, 0.29) is 0 Å². The lowest BCUT2D eigenvalue weighted by Crippen LogP contribution is -2.59. The second-order valence-electron chi connectivity index (χ2n) is 2.78. The lowest BCUT2D eigenvalue weighted by molar-refractivity contribution is -0.215. The van der Waals surface area contributed by atoms with Crippen LogP contribution in [0.2, 0.25) is 0 Å². The third-order valence-corrected chi connectivity index (χ3v) is 1.89. The van der Waals surface area contributed by atoms with E-state index in [1.54, 1.807) is 6.92 Å². The van der Waals surface area contributed by atoms with Crippen LogP contribution in [0.3, 0.4) is 0 Å². The molecular formula is C6H13NO4. The molecule has 5 atom stereocenters. The summed E-state index contributed by atoms with van der Waals surface area (Å²) in [6.45, 7) is 1.58. The van der Waals surface area contributed by atoms with Crippen molar-refractivity contribution in [3.63, 3.8) is 0 Å². The SMILES string of the molecule is C[C@@H]1O[C@H](N)[C@H](O)[C@H](O)[C@H]1O. The molecule has 1 heterocycles. The van der Waals surface area contributed by atoms with Gasteiger partial charge in [0, 0.05) is 0 Å². The molecule has 1 aliphatic rings. The molecule has 1 rings (SSSR count). The van der Waals surface area contributed by atoms with Crippen LogP contribution in [0, 0.1) is 0 Å². The molecule has 0 unspecified atom stereocenters. The number of ether oxygens (including phenoxy) is 1. The minimum Gasteiger partial charge on any atom is -0.388 e. The molecule has 0 radical (unpaired) electrons. The normalized spacial score (nSPS) is 52.6. The number of aliphatic hydroxyl groups is 3. The molecule has 1 saturated heterocycles.